The molecule has 0 bridgehead atoms. The Kier molecular flexibility index (Phi) is 4.56. The lowest BCUT2D eigenvalue weighted by Gasteiger charge is -2.37. The van der Waals surface area contributed by atoms with Crippen molar-refractivity contribution in [2.45, 2.75) is 45.1 Å². The molecule has 1 fully saturated rings. The third kappa shape index (κ3) is 2.67. The summed E-state index contributed by atoms with van der Waals surface area (Å²) in [5.41, 5.74) is 0.809. The summed E-state index contributed by atoms with van der Waals surface area (Å²) in [6.45, 7) is 4.67. The maximum Gasteiger partial charge on any atom is 0.267 e. The molecule has 1 aromatic rings. The molecular weight excluding hydrogens is 270 g/mol. The number of carbonyl (C=O) groups excluding carboxylic acids is 1. The van der Waals surface area contributed by atoms with E-state index in [4.69, 9.17) is 11.6 Å². The topological polar surface area (TPSA) is 46.1 Å². The van der Waals surface area contributed by atoms with Crippen LogP contribution in [0.5, 0.6) is 0 Å². The number of rotatable bonds is 5. The van der Waals surface area contributed by atoms with E-state index in [2.05, 4.69) is 9.59 Å². The third-order valence-corrected chi connectivity index (χ3v) is 4.25. The molecular formula is C12H18ClN3OS. The van der Waals surface area contributed by atoms with Crippen molar-refractivity contribution in [1.82, 2.24) is 14.5 Å². The first kappa shape index (κ1) is 13.7. The lowest BCUT2D eigenvalue weighted by Crippen LogP contribution is -2.45. The summed E-state index contributed by atoms with van der Waals surface area (Å²) in [7, 11) is 0. The van der Waals surface area contributed by atoms with Crippen LogP contribution in [-0.4, -0.2) is 38.9 Å². The van der Waals surface area contributed by atoms with Crippen LogP contribution in [0.1, 0.15) is 54.4 Å². The number of hydrogen-bond donors (Lipinski definition) is 0. The molecule has 4 nitrogen and oxygen atoms in total. The van der Waals surface area contributed by atoms with Crippen molar-refractivity contribution >= 4 is 29.0 Å². The van der Waals surface area contributed by atoms with E-state index in [0.29, 0.717) is 23.3 Å². The second kappa shape index (κ2) is 5.97. The molecule has 1 aromatic heterocycles. The molecule has 1 aliphatic rings. The summed E-state index contributed by atoms with van der Waals surface area (Å²) in [4.78, 5) is 15.1. The van der Waals surface area contributed by atoms with Crippen LogP contribution in [0.3, 0.4) is 0 Å². The van der Waals surface area contributed by atoms with Gasteiger partial charge in [0, 0.05) is 18.5 Å². The van der Waals surface area contributed by atoms with E-state index in [1.807, 2.05) is 18.7 Å². The third-order valence-electron chi connectivity index (χ3n) is 3.36. The average molecular weight is 288 g/mol. The molecule has 2 rings (SSSR count). The smallest absolute Gasteiger partial charge is 0.267 e. The van der Waals surface area contributed by atoms with Gasteiger partial charge in [0.15, 0.2) is 0 Å². The second-order valence-electron chi connectivity index (χ2n) is 4.91. The highest BCUT2D eigenvalue weighted by Crippen LogP contribution is 2.28. The number of alkyl halides is 1. The molecule has 1 aliphatic carbocycles. The number of nitrogens with zero attached hydrogens (tertiary/aromatic N) is 3. The molecule has 100 valence electrons. The lowest BCUT2D eigenvalue weighted by molar-refractivity contribution is 0.0601. The molecule has 1 heterocycles. The van der Waals surface area contributed by atoms with Gasteiger partial charge in [-0.2, -0.15) is 0 Å². The van der Waals surface area contributed by atoms with E-state index in [0.717, 1.165) is 18.5 Å². The van der Waals surface area contributed by atoms with Gasteiger partial charge < -0.3 is 4.90 Å². The van der Waals surface area contributed by atoms with Crippen molar-refractivity contribution < 1.29 is 4.79 Å². The zero-order valence-electron chi connectivity index (χ0n) is 10.7. The molecule has 0 unspecified atom stereocenters. The van der Waals surface area contributed by atoms with E-state index in [9.17, 15) is 4.79 Å². The zero-order chi connectivity index (χ0) is 13.1. The van der Waals surface area contributed by atoms with Crippen LogP contribution >= 0.6 is 23.1 Å². The van der Waals surface area contributed by atoms with Gasteiger partial charge in [-0.3, -0.25) is 4.79 Å². The minimum absolute atomic E-state index is 0.0547. The van der Waals surface area contributed by atoms with Gasteiger partial charge >= 0.3 is 0 Å². The highest BCUT2D eigenvalue weighted by molar-refractivity contribution is 7.08. The number of amides is 1. The van der Waals surface area contributed by atoms with Gasteiger partial charge in [0.25, 0.3) is 5.91 Å². The lowest BCUT2D eigenvalue weighted by atomic mass is 9.91. The van der Waals surface area contributed by atoms with Crippen molar-refractivity contribution in [3.05, 3.63) is 10.6 Å². The Labute approximate surface area is 116 Å². The van der Waals surface area contributed by atoms with Crippen molar-refractivity contribution in [3.8, 4) is 0 Å². The van der Waals surface area contributed by atoms with Gasteiger partial charge in [-0.1, -0.05) is 18.3 Å². The monoisotopic (exact) mass is 287 g/mol. The molecule has 0 atom stereocenters. The minimum atomic E-state index is 0.0547. The van der Waals surface area contributed by atoms with E-state index >= 15 is 0 Å². The Hall–Kier alpha value is -0.680. The number of hydrogen-bond acceptors (Lipinski definition) is 4. The van der Waals surface area contributed by atoms with Crippen LogP contribution in [0.2, 0.25) is 0 Å². The van der Waals surface area contributed by atoms with Gasteiger partial charge in [0.2, 0.25) is 0 Å². The van der Waals surface area contributed by atoms with Crippen molar-refractivity contribution in [2.24, 2.45) is 0 Å². The molecule has 0 spiro atoms. The fourth-order valence-corrected chi connectivity index (χ4v) is 3.05. The van der Waals surface area contributed by atoms with Crippen LogP contribution in [-0.2, 0) is 0 Å². The molecule has 0 aromatic carbocycles. The minimum Gasteiger partial charge on any atom is -0.334 e. The average Bonchev–Trinajstić information content (AvgIpc) is 2.74. The first-order valence-electron chi connectivity index (χ1n) is 6.34. The Bertz CT molecular complexity index is 417. The summed E-state index contributed by atoms with van der Waals surface area (Å²) < 4.78 is 3.92. The summed E-state index contributed by atoms with van der Waals surface area (Å²) in [5.74, 6) is 0.756. The van der Waals surface area contributed by atoms with Crippen molar-refractivity contribution in [2.75, 3.05) is 12.4 Å². The first-order chi connectivity index (χ1) is 8.65. The number of carbonyl (C=O) groups is 1. The Morgan fingerprint density at radius 2 is 2.28 bits per heavy atom. The van der Waals surface area contributed by atoms with E-state index in [-0.39, 0.29) is 11.8 Å². The SMILES string of the molecule is CC(C)c1nnsc1C(=O)N(CCCl)C1CCC1. The van der Waals surface area contributed by atoms with Gasteiger partial charge in [-0.25, -0.2) is 0 Å². The van der Waals surface area contributed by atoms with Crippen molar-refractivity contribution in [1.29, 1.82) is 0 Å². The van der Waals surface area contributed by atoms with E-state index in [1.54, 1.807) is 0 Å². The standard InChI is InChI=1S/C12H18ClN3OS/c1-8(2)10-11(18-15-14-10)12(17)16(7-6-13)9-4-3-5-9/h8-9H,3-7H2,1-2H3. The molecule has 0 radical (unpaired) electrons. The molecule has 18 heavy (non-hydrogen) atoms. The van der Waals surface area contributed by atoms with Crippen LogP contribution in [0.15, 0.2) is 0 Å². The normalized spacial score (nSPS) is 15.8. The van der Waals surface area contributed by atoms with Gasteiger partial charge in [0.1, 0.15) is 4.88 Å². The number of halogens is 1. The Morgan fingerprint density at radius 1 is 1.56 bits per heavy atom. The first-order valence-corrected chi connectivity index (χ1v) is 7.65. The van der Waals surface area contributed by atoms with Crippen LogP contribution in [0, 0.1) is 0 Å². The fraction of sp³-hybridized carbons (Fsp3) is 0.750. The fourth-order valence-electron chi connectivity index (χ4n) is 2.09. The van der Waals surface area contributed by atoms with Crippen molar-refractivity contribution in [3.63, 3.8) is 0 Å². The zero-order valence-corrected chi connectivity index (χ0v) is 12.3. The summed E-state index contributed by atoms with van der Waals surface area (Å²) in [6, 6.07) is 0.360. The maximum absolute atomic E-state index is 12.6. The largest absolute Gasteiger partial charge is 0.334 e. The summed E-state index contributed by atoms with van der Waals surface area (Å²) in [5, 5.41) is 4.07. The molecule has 1 amide bonds. The predicted octanol–water partition coefficient (Wildman–Crippen LogP) is 2.90. The molecule has 6 heteroatoms. The Morgan fingerprint density at radius 3 is 2.78 bits per heavy atom. The number of aromatic nitrogens is 2. The summed E-state index contributed by atoms with van der Waals surface area (Å²) >= 11 is 7.00. The van der Waals surface area contributed by atoms with E-state index < -0.39 is 0 Å². The summed E-state index contributed by atoms with van der Waals surface area (Å²) in [6.07, 6.45) is 3.38. The van der Waals surface area contributed by atoms with Crippen LogP contribution < -0.4 is 0 Å². The predicted molar refractivity (Wildman–Crippen MR) is 73.4 cm³/mol. The maximum atomic E-state index is 12.6. The van der Waals surface area contributed by atoms with Gasteiger partial charge in [-0.15, -0.1) is 16.7 Å². The van der Waals surface area contributed by atoms with E-state index in [1.165, 1.54) is 18.0 Å². The molecule has 0 saturated heterocycles. The van der Waals surface area contributed by atoms with Crippen LogP contribution in [0.25, 0.3) is 0 Å². The van der Waals surface area contributed by atoms with Gasteiger partial charge in [-0.05, 0) is 36.7 Å². The molecule has 1 saturated carbocycles. The van der Waals surface area contributed by atoms with Gasteiger partial charge in [0.05, 0.1) is 5.69 Å². The quantitative estimate of drug-likeness (QED) is 0.782. The highest BCUT2D eigenvalue weighted by Gasteiger charge is 2.31. The second-order valence-corrected chi connectivity index (χ2v) is 6.05. The van der Waals surface area contributed by atoms with Crippen LogP contribution in [0.4, 0.5) is 0 Å². The molecule has 0 aliphatic heterocycles. The Balaban J connectivity index is 2.18. The molecule has 0 N–H and O–H groups in total. The highest BCUT2D eigenvalue weighted by atomic mass is 35.5.